The summed E-state index contributed by atoms with van der Waals surface area (Å²) < 4.78 is 6.34. The molecule has 0 aromatic heterocycles. The monoisotopic (exact) mass is 852 g/mol. The topological polar surface area (TPSA) is 142 Å². The Balaban J connectivity index is 1.42. The van der Waals surface area contributed by atoms with Crippen LogP contribution in [0, 0.1) is 23.7 Å². The summed E-state index contributed by atoms with van der Waals surface area (Å²) in [6, 6.07) is 17.4. The molecule has 52 heavy (non-hydrogen) atoms. The van der Waals surface area contributed by atoms with Gasteiger partial charge < -0.3 is 14.9 Å². The molecule has 1 saturated carbocycles. The van der Waals surface area contributed by atoms with E-state index in [4.69, 9.17) is 21.4 Å². The molecule has 13 heteroatoms. The molecule has 0 bridgehead atoms. The number of aromatic hydroxyl groups is 1. The Hall–Kier alpha value is -4.00. The number of methoxy groups -OCH3 is 1. The number of benzene rings is 3. The summed E-state index contributed by atoms with van der Waals surface area (Å²) in [6.45, 7) is 0.181. The van der Waals surface area contributed by atoms with Gasteiger partial charge in [0.2, 0.25) is 23.6 Å². The molecule has 0 spiro atoms. The van der Waals surface area contributed by atoms with Crippen molar-refractivity contribution in [3.63, 3.8) is 0 Å². The minimum atomic E-state index is -1.50. The molecule has 2 heterocycles. The van der Waals surface area contributed by atoms with Gasteiger partial charge in [-0.05, 0) is 98.9 Å². The first-order valence-electron chi connectivity index (χ1n) is 17.1. The molecule has 2 aliphatic heterocycles. The molecule has 3 aromatic rings. The van der Waals surface area contributed by atoms with Gasteiger partial charge in [-0.25, -0.2) is 4.90 Å². The number of ether oxygens (including phenoxy) is 1. The molecule has 3 fully saturated rings. The number of carboxylic acid groups (broad SMARTS) is 1. The van der Waals surface area contributed by atoms with Gasteiger partial charge in [0.05, 0.1) is 40.4 Å². The van der Waals surface area contributed by atoms with E-state index in [1.807, 2.05) is 36.4 Å². The molecule has 2 aliphatic carbocycles. The van der Waals surface area contributed by atoms with Crippen molar-refractivity contribution in [2.45, 2.75) is 49.9 Å². The highest BCUT2D eigenvalue weighted by Crippen LogP contribution is 2.66. The zero-order chi connectivity index (χ0) is 37.1. The predicted molar refractivity (Wildman–Crippen MR) is 199 cm³/mol. The van der Waals surface area contributed by atoms with Crippen LogP contribution in [0.5, 0.6) is 11.5 Å². The molecule has 7 rings (SSSR count). The van der Waals surface area contributed by atoms with Crippen LogP contribution in [-0.2, 0) is 29.4 Å². The number of carboxylic acids is 1. The second-order valence-electron chi connectivity index (χ2n) is 13.8. The average molecular weight is 855 g/mol. The van der Waals surface area contributed by atoms with Crippen LogP contribution >= 0.6 is 43.5 Å². The van der Waals surface area contributed by atoms with E-state index in [9.17, 15) is 24.3 Å². The number of anilines is 1. The van der Waals surface area contributed by atoms with Crippen LogP contribution in [0.15, 0.2) is 81.3 Å². The molecule has 2 saturated heterocycles. The van der Waals surface area contributed by atoms with Gasteiger partial charge in [-0.2, -0.15) is 0 Å². The smallest absolute Gasteiger partial charge is 0.303 e. The number of phenolic OH excluding ortho intramolecular Hbond substituents is 1. The molecular formula is C39H35Br2ClN2O8. The molecule has 4 amide bonds. The van der Waals surface area contributed by atoms with Crippen molar-refractivity contribution in [1.29, 1.82) is 0 Å². The number of fused-ring (bicyclic) bond motifs is 4. The fourth-order valence-corrected chi connectivity index (χ4v) is 10.2. The molecule has 6 atom stereocenters. The summed E-state index contributed by atoms with van der Waals surface area (Å²) in [5.74, 6) is -6.13. The summed E-state index contributed by atoms with van der Waals surface area (Å²) in [5, 5.41) is 20.4. The van der Waals surface area contributed by atoms with Gasteiger partial charge in [-0.3, -0.25) is 28.9 Å². The fraction of sp³-hybridized carbons (Fsp3) is 0.359. The number of hydrogen-bond donors (Lipinski definition) is 2. The minimum absolute atomic E-state index is 0.0150. The zero-order valence-electron chi connectivity index (χ0n) is 28.1. The van der Waals surface area contributed by atoms with Crippen LogP contribution < -0.4 is 9.64 Å². The summed E-state index contributed by atoms with van der Waals surface area (Å²) in [4.78, 5) is 72.0. The fourth-order valence-electron chi connectivity index (χ4n) is 9.07. The Morgan fingerprint density at radius 3 is 2.38 bits per heavy atom. The maximum absolute atomic E-state index is 15.4. The third kappa shape index (κ3) is 5.60. The van der Waals surface area contributed by atoms with Crippen molar-refractivity contribution in [3.8, 4) is 11.5 Å². The van der Waals surface area contributed by atoms with Crippen molar-refractivity contribution in [3.05, 3.63) is 97.4 Å². The van der Waals surface area contributed by atoms with E-state index in [-0.39, 0.29) is 49.1 Å². The predicted octanol–water partition coefficient (Wildman–Crippen LogP) is 7.39. The summed E-state index contributed by atoms with van der Waals surface area (Å²) >= 11 is 13.6. The highest BCUT2D eigenvalue weighted by atomic mass is 79.9. The number of allylic oxidation sites excluding steroid dienone is 2. The maximum Gasteiger partial charge on any atom is 0.303 e. The normalized spacial score (nSPS) is 26.6. The number of halogens is 3. The number of nitrogens with zero attached hydrogens (tertiary/aromatic N) is 2. The van der Waals surface area contributed by atoms with Gasteiger partial charge in [0.15, 0.2) is 11.5 Å². The number of aliphatic carboxylic acids is 1. The molecule has 10 nitrogen and oxygen atoms in total. The molecular weight excluding hydrogens is 820 g/mol. The van der Waals surface area contributed by atoms with Crippen LogP contribution in [0.2, 0.25) is 5.02 Å². The van der Waals surface area contributed by atoms with E-state index in [2.05, 4.69) is 31.9 Å². The van der Waals surface area contributed by atoms with Crippen molar-refractivity contribution < 1.29 is 38.9 Å². The van der Waals surface area contributed by atoms with Gasteiger partial charge in [-0.1, -0.05) is 66.1 Å². The first-order chi connectivity index (χ1) is 24.9. The second kappa shape index (κ2) is 14.1. The Labute approximate surface area is 322 Å². The highest BCUT2D eigenvalue weighted by Gasteiger charge is 2.70. The van der Waals surface area contributed by atoms with Gasteiger partial charge >= 0.3 is 5.97 Å². The summed E-state index contributed by atoms with van der Waals surface area (Å²) in [7, 11) is 1.42. The highest BCUT2D eigenvalue weighted by molar-refractivity contribution is 9.13. The largest absolute Gasteiger partial charge is 0.503 e. The first-order valence-corrected chi connectivity index (χ1v) is 19.1. The van der Waals surface area contributed by atoms with E-state index < -0.39 is 52.8 Å². The number of likely N-dealkylation sites (tertiary alicyclic amines) is 1. The molecule has 0 unspecified atom stereocenters. The summed E-state index contributed by atoms with van der Waals surface area (Å²) in [5.41, 5.74) is 0.757. The second-order valence-corrected chi connectivity index (χ2v) is 15.8. The van der Waals surface area contributed by atoms with Gasteiger partial charge in [-0.15, -0.1) is 0 Å². The number of hydrogen-bond acceptors (Lipinski definition) is 7. The number of rotatable bonds is 10. The Morgan fingerprint density at radius 2 is 1.69 bits per heavy atom. The Bertz CT molecular complexity index is 2040. The molecule has 2 N–H and O–H groups in total. The van der Waals surface area contributed by atoms with Crippen molar-refractivity contribution in [2.24, 2.45) is 23.7 Å². The van der Waals surface area contributed by atoms with Crippen molar-refractivity contribution in [1.82, 2.24) is 4.90 Å². The van der Waals surface area contributed by atoms with Gasteiger partial charge in [0.1, 0.15) is 0 Å². The quantitative estimate of drug-likeness (QED) is 0.122. The molecule has 3 aromatic carbocycles. The number of imide groups is 2. The van der Waals surface area contributed by atoms with E-state index in [1.165, 1.54) is 16.9 Å². The minimum Gasteiger partial charge on any atom is -0.503 e. The maximum atomic E-state index is 15.4. The number of carbonyl (C=O) groups is 5. The van der Waals surface area contributed by atoms with E-state index in [0.717, 1.165) is 5.57 Å². The lowest BCUT2D eigenvalue weighted by Gasteiger charge is -2.51. The van der Waals surface area contributed by atoms with Crippen molar-refractivity contribution >= 4 is 78.7 Å². The van der Waals surface area contributed by atoms with Crippen LogP contribution in [-0.4, -0.2) is 58.4 Å². The van der Waals surface area contributed by atoms with Gasteiger partial charge in [0, 0.05) is 28.4 Å². The van der Waals surface area contributed by atoms with E-state index in [0.29, 0.717) is 50.0 Å². The number of carbonyl (C=O) groups excluding carboxylic acids is 4. The Morgan fingerprint density at radius 1 is 0.942 bits per heavy atom. The third-order valence-electron chi connectivity index (χ3n) is 11.2. The van der Waals surface area contributed by atoms with E-state index in [1.54, 1.807) is 30.3 Å². The van der Waals surface area contributed by atoms with Crippen LogP contribution in [0.3, 0.4) is 0 Å². The zero-order valence-corrected chi connectivity index (χ0v) is 32.0. The number of unbranched alkanes of at least 4 members (excludes halogenated alkanes) is 2. The van der Waals surface area contributed by atoms with Crippen molar-refractivity contribution in [2.75, 3.05) is 18.6 Å². The van der Waals surface area contributed by atoms with Gasteiger partial charge in [0.25, 0.3) is 0 Å². The average Bonchev–Trinajstić information content (AvgIpc) is 3.51. The van der Waals surface area contributed by atoms with Crippen LogP contribution in [0.25, 0.3) is 0 Å². The standard InChI is InChI=1S/C39H35Br2ClN2O8/c1-52-28-19-26(32(40)33(41)34(28)47)31-23-14-15-24-30(37(50)43(35(24)48)16-7-3-6-13-29(45)46)25(23)18-27-36(49)44(22-12-8-11-21(42)17-22)38(51)39(27,31)20-9-4-2-5-10-20/h2,4-5,8-12,14,17,19,24-25,27,30-31,47H,3,6-7,13,15-16,18H2,1H3,(H,45,46)/t24-,25+,27-,30-,31+,39+/m0/s1. The Kier molecular flexibility index (Phi) is 9.86. The number of phenols is 1. The third-order valence-corrected chi connectivity index (χ3v) is 13.6. The lowest BCUT2D eigenvalue weighted by molar-refractivity contribution is -0.141. The van der Waals surface area contributed by atoms with Crippen LogP contribution in [0.1, 0.15) is 55.6 Å². The summed E-state index contributed by atoms with van der Waals surface area (Å²) in [6.07, 6.45) is 3.86. The first kappa shape index (κ1) is 36.4. The molecule has 270 valence electrons. The SMILES string of the molecule is COc1cc([C@H]2C3=CC[C@@H]4C(=O)N(CCCCCC(=O)O)C(=O)[C@@H]4[C@@H]3C[C@H]3C(=O)N(c4cccc(Cl)c4)C(=O)[C@@]23c2ccccc2)c(Br)c(Br)c1O. The van der Waals surface area contributed by atoms with Crippen LogP contribution in [0.4, 0.5) is 5.69 Å². The lowest BCUT2D eigenvalue weighted by atomic mass is 9.49. The molecule has 4 aliphatic rings. The number of amides is 4. The molecule has 0 radical (unpaired) electrons. The van der Waals surface area contributed by atoms with E-state index >= 15 is 4.79 Å². The lowest BCUT2D eigenvalue weighted by Crippen LogP contribution is -2.53.